The molecular weight excluding hydrogens is 256 g/mol. The van der Waals surface area contributed by atoms with Crippen LogP contribution in [0, 0.1) is 0 Å². The molecule has 0 saturated heterocycles. The number of aromatic nitrogens is 2. The second-order valence-corrected chi connectivity index (χ2v) is 4.41. The Morgan fingerprint density at radius 1 is 1.41 bits per heavy atom. The Kier molecular flexibility index (Phi) is 3.97. The van der Waals surface area contributed by atoms with Gasteiger partial charge < -0.3 is 4.74 Å². The van der Waals surface area contributed by atoms with Crippen molar-refractivity contribution < 1.29 is 4.74 Å². The number of aryl methyl sites for hydroxylation is 1. The molecule has 0 radical (unpaired) electrons. The van der Waals surface area contributed by atoms with Crippen LogP contribution in [0.3, 0.4) is 0 Å². The summed E-state index contributed by atoms with van der Waals surface area (Å²) >= 11 is 10.2. The van der Waals surface area contributed by atoms with E-state index in [4.69, 9.17) is 16.3 Å². The topological polar surface area (TPSA) is 27.1 Å². The highest BCUT2D eigenvalue weighted by atomic mass is 35.5. The van der Waals surface area contributed by atoms with E-state index in [-0.39, 0.29) is 0 Å². The van der Waals surface area contributed by atoms with Crippen molar-refractivity contribution in [1.29, 1.82) is 0 Å². The zero-order valence-corrected chi connectivity index (χ0v) is 11.1. The minimum Gasteiger partial charge on any atom is -0.472 e. The molecule has 0 aliphatic heterocycles. The third-order valence-corrected chi connectivity index (χ3v) is 3.09. The predicted octanol–water partition coefficient (Wildman–Crippen LogP) is 3.37. The Balaban J connectivity index is 2.13. The lowest BCUT2D eigenvalue weighted by molar-refractivity contribution is 0.292. The maximum absolute atomic E-state index is 6.16. The monoisotopic (exact) mass is 268 g/mol. The second-order valence-electron chi connectivity index (χ2n) is 3.59. The lowest BCUT2D eigenvalue weighted by atomic mass is 10.1. The first-order chi connectivity index (χ1) is 8.20. The van der Waals surface area contributed by atoms with Crippen LogP contribution in [0.1, 0.15) is 18.1 Å². The van der Waals surface area contributed by atoms with Crippen molar-refractivity contribution in [2.45, 2.75) is 20.0 Å². The summed E-state index contributed by atoms with van der Waals surface area (Å²) < 4.78 is 6.98. The molecule has 90 valence electrons. The van der Waals surface area contributed by atoms with Gasteiger partial charge in [-0.05, 0) is 30.9 Å². The van der Waals surface area contributed by atoms with Gasteiger partial charge in [-0.15, -0.1) is 5.10 Å². The van der Waals surface area contributed by atoms with Crippen molar-refractivity contribution in [3.63, 3.8) is 0 Å². The highest BCUT2D eigenvalue weighted by Gasteiger charge is 2.07. The van der Waals surface area contributed by atoms with E-state index in [1.165, 1.54) is 9.65 Å². The number of benzene rings is 1. The fourth-order valence-corrected chi connectivity index (χ4v) is 2.02. The predicted molar refractivity (Wildman–Crippen MR) is 71.8 cm³/mol. The number of thiol groups is 1. The number of nitrogens with zero attached hydrogens (tertiary/aromatic N) is 2. The number of halogens is 1. The van der Waals surface area contributed by atoms with E-state index >= 15 is 0 Å². The van der Waals surface area contributed by atoms with Crippen LogP contribution in [0.25, 0.3) is 0 Å². The summed E-state index contributed by atoms with van der Waals surface area (Å²) in [5.41, 5.74) is 2.22. The first-order valence-corrected chi connectivity index (χ1v) is 6.12. The van der Waals surface area contributed by atoms with E-state index < -0.39 is 0 Å². The minimum atomic E-state index is 0.424. The second kappa shape index (κ2) is 5.47. The average Bonchev–Trinajstić information content (AvgIpc) is 2.73. The molecule has 5 heteroatoms. The standard InChI is InChI=1S/C12H13ClN2OS/c1-2-9-4-3-5-11(13)10(9)8-16-12-6-7-15(17)14-12/h3-7,17H,2,8H2,1H3. The van der Waals surface area contributed by atoms with Crippen molar-refractivity contribution in [2.24, 2.45) is 0 Å². The lowest BCUT2D eigenvalue weighted by Gasteiger charge is -2.10. The third-order valence-electron chi connectivity index (χ3n) is 2.51. The lowest BCUT2D eigenvalue weighted by Crippen LogP contribution is -2.01. The molecule has 17 heavy (non-hydrogen) atoms. The number of rotatable bonds is 4. The van der Waals surface area contributed by atoms with Crippen molar-refractivity contribution in [1.82, 2.24) is 9.19 Å². The van der Waals surface area contributed by atoms with Crippen molar-refractivity contribution >= 4 is 24.4 Å². The number of hydrogen-bond acceptors (Lipinski definition) is 3. The Bertz CT molecular complexity index is 513. The van der Waals surface area contributed by atoms with Gasteiger partial charge in [-0.25, -0.2) is 4.09 Å². The van der Waals surface area contributed by atoms with Gasteiger partial charge in [-0.3, -0.25) is 0 Å². The van der Waals surface area contributed by atoms with Crippen LogP contribution in [0.5, 0.6) is 5.88 Å². The zero-order chi connectivity index (χ0) is 12.3. The average molecular weight is 269 g/mol. The van der Waals surface area contributed by atoms with Gasteiger partial charge in [-0.1, -0.05) is 30.7 Å². The normalized spacial score (nSPS) is 10.5. The minimum absolute atomic E-state index is 0.424. The van der Waals surface area contributed by atoms with E-state index in [9.17, 15) is 0 Å². The van der Waals surface area contributed by atoms with Crippen molar-refractivity contribution in [3.8, 4) is 5.88 Å². The smallest absolute Gasteiger partial charge is 0.234 e. The molecule has 0 spiro atoms. The summed E-state index contributed by atoms with van der Waals surface area (Å²) in [4.78, 5) is 0. The summed E-state index contributed by atoms with van der Waals surface area (Å²) in [5.74, 6) is 0.543. The molecule has 0 N–H and O–H groups in total. The van der Waals surface area contributed by atoms with Crippen LogP contribution < -0.4 is 4.74 Å². The fourth-order valence-electron chi connectivity index (χ4n) is 1.62. The first-order valence-electron chi connectivity index (χ1n) is 5.34. The van der Waals surface area contributed by atoms with E-state index in [1.807, 2.05) is 12.1 Å². The van der Waals surface area contributed by atoms with Crippen molar-refractivity contribution in [3.05, 3.63) is 46.6 Å². The van der Waals surface area contributed by atoms with Gasteiger partial charge in [0, 0.05) is 22.8 Å². The molecule has 0 saturated carbocycles. The summed E-state index contributed by atoms with van der Waals surface area (Å²) in [6.07, 6.45) is 2.64. The fraction of sp³-hybridized carbons (Fsp3) is 0.250. The van der Waals surface area contributed by atoms with Crippen LogP contribution in [0.15, 0.2) is 30.5 Å². The van der Waals surface area contributed by atoms with Gasteiger partial charge in [0.15, 0.2) is 0 Å². The van der Waals surface area contributed by atoms with E-state index in [1.54, 1.807) is 12.3 Å². The van der Waals surface area contributed by atoms with Crippen LogP contribution in [0.2, 0.25) is 5.02 Å². The quantitative estimate of drug-likeness (QED) is 0.861. The molecule has 1 heterocycles. The Labute approximate surface area is 111 Å². The SMILES string of the molecule is CCc1cccc(Cl)c1COc1ccn(S)n1. The van der Waals surface area contributed by atoms with E-state index in [0.717, 1.165) is 17.0 Å². The molecule has 3 nitrogen and oxygen atoms in total. The van der Waals surface area contributed by atoms with Crippen LogP contribution in [0.4, 0.5) is 0 Å². The third kappa shape index (κ3) is 2.96. The van der Waals surface area contributed by atoms with Crippen molar-refractivity contribution in [2.75, 3.05) is 0 Å². The highest BCUT2D eigenvalue weighted by Crippen LogP contribution is 2.22. The Morgan fingerprint density at radius 2 is 2.24 bits per heavy atom. The molecule has 2 aromatic rings. The molecule has 0 aliphatic carbocycles. The largest absolute Gasteiger partial charge is 0.472 e. The summed E-state index contributed by atoms with van der Waals surface area (Å²) in [7, 11) is 0. The molecular formula is C12H13ClN2OS. The van der Waals surface area contributed by atoms with Crippen LogP contribution in [-0.2, 0) is 13.0 Å². The summed E-state index contributed by atoms with van der Waals surface area (Å²) in [6, 6.07) is 7.64. The van der Waals surface area contributed by atoms with Gasteiger partial charge in [0.1, 0.15) is 6.61 Å². The van der Waals surface area contributed by atoms with Gasteiger partial charge >= 0.3 is 0 Å². The molecule has 0 aliphatic rings. The maximum atomic E-state index is 6.16. The van der Waals surface area contributed by atoms with Gasteiger partial charge in [0.05, 0.1) is 0 Å². The number of hydrogen-bond donors (Lipinski definition) is 1. The Hall–Kier alpha value is -1.13. The summed E-state index contributed by atoms with van der Waals surface area (Å²) in [6.45, 7) is 2.52. The maximum Gasteiger partial charge on any atom is 0.234 e. The zero-order valence-electron chi connectivity index (χ0n) is 9.43. The highest BCUT2D eigenvalue weighted by molar-refractivity contribution is 7.78. The molecule has 1 aromatic heterocycles. The molecule has 2 rings (SSSR count). The van der Waals surface area contributed by atoms with Gasteiger partial charge in [0.2, 0.25) is 5.88 Å². The Morgan fingerprint density at radius 3 is 2.88 bits per heavy atom. The van der Waals surface area contributed by atoms with Gasteiger partial charge in [-0.2, -0.15) is 0 Å². The molecule has 0 amide bonds. The van der Waals surface area contributed by atoms with E-state index in [0.29, 0.717) is 12.5 Å². The molecule has 1 aromatic carbocycles. The van der Waals surface area contributed by atoms with E-state index in [2.05, 4.69) is 30.9 Å². The molecule has 0 atom stereocenters. The molecule has 0 bridgehead atoms. The first kappa shape index (κ1) is 12.3. The van der Waals surface area contributed by atoms with Gasteiger partial charge in [0.25, 0.3) is 0 Å². The van der Waals surface area contributed by atoms with Crippen LogP contribution >= 0.6 is 24.4 Å². The van der Waals surface area contributed by atoms with Crippen LogP contribution in [-0.4, -0.2) is 9.19 Å². The number of ether oxygens (including phenoxy) is 1. The molecule has 0 fully saturated rings. The molecule has 0 unspecified atom stereocenters. The summed E-state index contributed by atoms with van der Waals surface area (Å²) in [5, 5.41) is 4.76.